The summed E-state index contributed by atoms with van der Waals surface area (Å²) in [5, 5.41) is 0.172. The highest BCUT2D eigenvalue weighted by Crippen LogP contribution is 2.38. The van der Waals surface area contributed by atoms with Gasteiger partial charge in [0.15, 0.2) is 11.5 Å². The van der Waals surface area contributed by atoms with Crippen LogP contribution in [0.25, 0.3) is 0 Å². The van der Waals surface area contributed by atoms with Crippen LogP contribution in [0.5, 0.6) is 11.5 Å². The zero-order valence-electron chi connectivity index (χ0n) is 9.40. The summed E-state index contributed by atoms with van der Waals surface area (Å²) in [4.78, 5) is 0. The minimum atomic E-state index is 0.157. The highest BCUT2D eigenvalue weighted by Gasteiger charge is 2.25. The van der Waals surface area contributed by atoms with Crippen molar-refractivity contribution in [2.75, 3.05) is 14.2 Å². The highest BCUT2D eigenvalue weighted by molar-refractivity contribution is 9.09. The summed E-state index contributed by atoms with van der Waals surface area (Å²) in [5.41, 5.74) is 1.14. The van der Waals surface area contributed by atoms with E-state index >= 15 is 0 Å². The summed E-state index contributed by atoms with van der Waals surface area (Å²) in [7, 11) is 3.28. The second-order valence-electron chi connectivity index (χ2n) is 3.73. The molecule has 0 N–H and O–H groups in total. The smallest absolute Gasteiger partial charge is 0.161 e. The molecule has 16 heavy (non-hydrogen) atoms. The third-order valence-corrected chi connectivity index (χ3v) is 3.42. The lowest BCUT2D eigenvalue weighted by Gasteiger charge is -2.14. The van der Waals surface area contributed by atoms with Gasteiger partial charge in [-0.25, -0.2) is 0 Å². The molecule has 0 bridgehead atoms. The van der Waals surface area contributed by atoms with E-state index in [1.807, 2.05) is 18.2 Å². The van der Waals surface area contributed by atoms with Crippen LogP contribution in [0.2, 0.25) is 0 Å². The van der Waals surface area contributed by atoms with Gasteiger partial charge in [-0.3, -0.25) is 0 Å². The minimum absolute atomic E-state index is 0.157. The molecule has 0 spiro atoms. The Balaban J connectivity index is 2.22. The molecule has 0 amide bonds. The molecule has 2 rings (SSSR count). The van der Waals surface area contributed by atoms with Crippen LogP contribution in [-0.2, 0) is 4.74 Å². The van der Waals surface area contributed by atoms with E-state index in [0.29, 0.717) is 0 Å². The average molecular weight is 287 g/mol. The summed E-state index contributed by atoms with van der Waals surface area (Å²) in [5.74, 6) is 1.50. The standard InChI is InChI=1S/C12H15BrO3/c1-14-10-4-3-8(7-11(10)15-2)9-5-6-12(13)16-9/h3-4,7,9,12H,5-6H2,1-2H3/t9-,12+/m1/s1. The number of halogens is 1. The first-order chi connectivity index (χ1) is 7.74. The Morgan fingerprint density at radius 3 is 2.50 bits per heavy atom. The van der Waals surface area contributed by atoms with Crippen molar-refractivity contribution >= 4 is 15.9 Å². The van der Waals surface area contributed by atoms with Gasteiger partial charge in [0.05, 0.1) is 20.3 Å². The average Bonchev–Trinajstić information content (AvgIpc) is 2.75. The molecule has 0 radical (unpaired) electrons. The van der Waals surface area contributed by atoms with Gasteiger partial charge in [-0.1, -0.05) is 22.0 Å². The van der Waals surface area contributed by atoms with Crippen molar-refractivity contribution in [1.29, 1.82) is 0 Å². The number of alkyl halides is 1. The molecule has 1 aliphatic heterocycles. The second-order valence-corrected chi connectivity index (χ2v) is 4.75. The lowest BCUT2D eigenvalue weighted by molar-refractivity contribution is 0.0960. The van der Waals surface area contributed by atoms with Crippen LogP contribution >= 0.6 is 15.9 Å². The van der Waals surface area contributed by atoms with Gasteiger partial charge >= 0.3 is 0 Å². The van der Waals surface area contributed by atoms with Gasteiger partial charge in [0, 0.05) is 0 Å². The molecule has 88 valence electrons. The Kier molecular flexibility index (Phi) is 3.71. The number of methoxy groups -OCH3 is 2. The van der Waals surface area contributed by atoms with Crippen LogP contribution in [0.15, 0.2) is 18.2 Å². The van der Waals surface area contributed by atoms with Crippen molar-refractivity contribution in [3.05, 3.63) is 23.8 Å². The number of hydrogen-bond donors (Lipinski definition) is 0. The topological polar surface area (TPSA) is 27.7 Å². The maximum atomic E-state index is 5.74. The van der Waals surface area contributed by atoms with E-state index in [4.69, 9.17) is 14.2 Å². The monoisotopic (exact) mass is 286 g/mol. The summed E-state index contributed by atoms with van der Waals surface area (Å²) in [6.07, 6.45) is 2.23. The van der Waals surface area contributed by atoms with Gasteiger partial charge in [0.1, 0.15) is 5.01 Å². The molecule has 1 saturated heterocycles. The summed E-state index contributed by atoms with van der Waals surface area (Å²) in [6, 6.07) is 5.92. The molecule has 1 aromatic rings. The molecule has 1 aliphatic rings. The first kappa shape index (κ1) is 11.7. The van der Waals surface area contributed by atoms with Gasteiger partial charge in [0.2, 0.25) is 0 Å². The van der Waals surface area contributed by atoms with Gasteiger partial charge in [0.25, 0.3) is 0 Å². The van der Waals surface area contributed by atoms with Gasteiger partial charge in [-0.2, -0.15) is 0 Å². The van der Waals surface area contributed by atoms with Gasteiger partial charge in [-0.15, -0.1) is 0 Å². The van der Waals surface area contributed by atoms with Gasteiger partial charge < -0.3 is 14.2 Å². The number of rotatable bonds is 3. The number of benzene rings is 1. The highest BCUT2D eigenvalue weighted by atomic mass is 79.9. The Bertz CT molecular complexity index is 367. The Labute approximate surface area is 104 Å². The zero-order chi connectivity index (χ0) is 11.5. The molecule has 1 fully saturated rings. The van der Waals surface area contributed by atoms with Crippen molar-refractivity contribution in [1.82, 2.24) is 0 Å². The van der Waals surface area contributed by atoms with Crippen LogP contribution in [0.4, 0.5) is 0 Å². The van der Waals surface area contributed by atoms with Crippen molar-refractivity contribution in [3.8, 4) is 11.5 Å². The molecule has 1 aromatic carbocycles. The van der Waals surface area contributed by atoms with Crippen molar-refractivity contribution in [2.24, 2.45) is 0 Å². The predicted molar refractivity (Wildman–Crippen MR) is 65.3 cm³/mol. The summed E-state index contributed by atoms with van der Waals surface area (Å²) < 4.78 is 16.2. The van der Waals surface area contributed by atoms with Crippen LogP contribution in [0, 0.1) is 0 Å². The van der Waals surface area contributed by atoms with Crippen LogP contribution < -0.4 is 9.47 Å². The molecule has 3 nitrogen and oxygen atoms in total. The predicted octanol–water partition coefficient (Wildman–Crippen LogP) is 3.28. The molecule has 0 aliphatic carbocycles. The normalized spacial score (nSPS) is 24.4. The molecule has 0 unspecified atom stereocenters. The number of hydrogen-bond acceptors (Lipinski definition) is 3. The van der Waals surface area contributed by atoms with E-state index in [1.54, 1.807) is 14.2 Å². The summed E-state index contributed by atoms with van der Waals surface area (Å²) in [6.45, 7) is 0. The summed E-state index contributed by atoms with van der Waals surface area (Å²) >= 11 is 3.46. The van der Waals surface area contributed by atoms with Crippen LogP contribution in [-0.4, -0.2) is 19.2 Å². The van der Waals surface area contributed by atoms with Gasteiger partial charge in [-0.05, 0) is 30.5 Å². The molecular weight excluding hydrogens is 272 g/mol. The van der Waals surface area contributed by atoms with Crippen molar-refractivity contribution < 1.29 is 14.2 Å². The van der Waals surface area contributed by atoms with Crippen LogP contribution in [0.3, 0.4) is 0 Å². The molecular formula is C12H15BrO3. The largest absolute Gasteiger partial charge is 0.493 e. The molecule has 1 heterocycles. The van der Waals surface area contributed by atoms with E-state index in [-0.39, 0.29) is 11.1 Å². The molecule has 0 aromatic heterocycles. The fraction of sp³-hybridized carbons (Fsp3) is 0.500. The Hall–Kier alpha value is -0.740. The molecule has 0 saturated carbocycles. The maximum Gasteiger partial charge on any atom is 0.161 e. The fourth-order valence-corrected chi connectivity index (χ4v) is 2.42. The lowest BCUT2D eigenvalue weighted by Crippen LogP contribution is -2.00. The maximum absolute atomic E-state index is 5.74. The first-order valence-corrected chi connectivity index (χ1v) is 6.17. The molecule has 2 atom stereocenters. The van der Waals surface area contributed by atoms with Crippen molar-refractivity contribution in [2.45, 2.75) is 24.0 Å². The van der Waals surface area contributed by atoms with E-state index in [0.717, 1.165) is 29.9 Å². The third-order valence-electron chi connectivity index (χ3n) is 2.75. The first-order valence-electron chi connectivity index (χ1n) is 5.26. The Morgan fingerprint density at radius 2 is 1.94 bits per heavy atom. The Morgan fingerprint density at radius 1 is 1.19 bits per heavy atom. The SMILES string of the molecule is COc1ccc([C@H]2CC[C@@H](Br)O2)cc1OC. The van der Waals surface area contributed by atoms with Crippen molar-refractivity contribution in [3.63, 3.8) is 0 Å². The third kappa shape index (κ3) is 2.33. The quantitative estimate of drug-likeness (QED) is 0.798. The van der Waals surface area contributed by atoms with E-state index in [2.05, 4.69) is 15.9 Å². The van der Waals surface area contributed by atoms with E-state index in [1.165, 1.54) is 0 Å². The van der Waals surface area contributed by atoms with Crippen LogP contribution in [0.1, 0.15) is 24.5 Å². The minimum Gasteiger partial charge on any atom is -0.493 e. The van der Waals surface area contributed by atoms with E-state index < -0.39 is 0 Å². The van der Waals surface area contributed by atoms with E-state index in [9.17, 15) is 0 Å². The number of ether oxygens (including phenoxy) is 3. The lowest BCUT2D eigenvalue weighted by atomic mass is 10.1. The second kappa shape index (κ2) is 5.06. The zero-order valence-corrected chi connectivity index (χ0v) is 11.0. The molecule has 4 heteroatoms. The fourth-order valence-electron chi connectivity index (χ4n) is 1.90.